The molecule has 4 heteroatoms. The number of amides is 1. The lowest BCUT2D eigenvalue weighted by Gasteiger charge is -2.29. The molecule has 17 heavy (non-hydrogen) atoms. The molecule has 0 aliphatic rings. The molecule has 1 N–H and O–H groups in total. The van der Waals surface area contributed by atoms with Crippen LogP contribution in [0.25, 0.3) is 0 Å². The number of benzene rings is 1. The fraction of sp³-hybridized carbons (Fsp3) is 0.462. The third kappa shape index (κ3) is 4.00. The standard InChI is InChI=1S/C13H17ClFNO/c1-3-13(2,8-9-14)16-12(17)10-4-6-11(15)7-5-10/h4-7H,3,8-9H2,1-2H3,(H,16,17). The molecule has 2 nitrogen and oxygen atoms in total. The van der Waals surface area contributed by atoms with Gasteiger partial charge in [-0.1, -0.05) is 6.92 Å². The van der Waals surface area contributed by atoms with Gasteiger partial charge in [-0.3, -0.25) is 4.79 Å². The Morgan fingerprint density at radius 1 is 1.41 bits per heavy atom. The van der Waals surface area contributed by atoms with E-state index in [0.717, 1.165) is 6.42 Å². The van der Waals surface area contributed by atoms with E-state index in [1.807, 2.05) is 13.8 Å². The first kappa shape index (κ1) is 14.0. The van der Waals surface area contributed by atoms with E-state index in [2.05, 4.69) is 5.32 Å². The molecule has 0 heterocycles. The van der Waals surface area contributed by atoms with Crippen LogP contribution in [-0.4, -0.2) is 17.3 Å². The second kappa shape index (κ2) is 6.01. The lowest BCUT2D eigenvalue weighted by molar-refractivity contribution is 0.0901. The van der Waals surface area contributed by atoms with Gasteiger partial charge < -0.3 is 5.32 Å². The van der Waals surface area contributed by atoms with E-state index in [1.165, 1.54) is 24.3 Å². The molecule has 0 aromatic heterocycles. The molecule has 0 saturated heterocycles. The van der Waals surface area contributed by atoms with Crippen LogP contribution >= 0.6 is 11.6 Å². The molecule has 0 spiro atoms. The maximum absolute atomic E-state index is 12.7. The van der Waals surface area contributed by atoms with E-state index in [9.17, 15) is 9.18 Å². The smallest absolute Gasteiger partial charge is 0.251 e. The Hall–Kier alpha value is -1.09. The summed E-state index contributed by atoms with van der Waals surface area (Å²) in [6.45, 7) is 3.95. The molecule has 1 rings (SSSR count). The van der Waals surface area contributed by atoms with Crippen LogP contribution in [0.5, 0.6) is 0 Å². The highest BCUT2D eigenvalue weighted by Crippen LogP contribution is 2.16. The van der Waals surface area contributed by atoms with Gasteiger partial charge in [0.25, 0.3) is 5.91 Å². The monoisotopic (exact) mass is 257 g/mol. The molecular formula is C13H17ClFNO. The molecule has 0 saturated carbocycles. The van der Waals surface area contributed by atoms with E-state index >= 15 is 0 Å². The van der Waals surface area contributed by atoms with Crippen molar-refractivity contribution in [2.45, 2.75) is 32.2 Å². The SMILES string of the molecule is CCC(C)(CCCl)NC(=O)c1ccc(F)cc1. The van der Waals surface area contributed by atoms with E-state index in [0.29, 0.717) is 17.9 Å². The minimum atomic E-state index is -0.347. The van der Waals surface area contributed by atoms with Gasteiger partial charge in [0.2, 0.25) is 0 Å². The van der Waals surface area contributed by atoms with Crippen molar-refractivity contribution in [1.82, 2.24) is 5.32 Å². The van der Waals surface area contributed by atoms with Gasteiger partial charge in [0, 0.05) is 17.0 Å². The number of carbonyl (C=O) groups is 1. The van der Waals surface area contributed by atoms with Crippen molar-refractivity contribution in [3.63, 3.8) is 0 Å². The van der Waals surface area contributed by atoms with Crippen molar-refractivity contribution >= 4 is 17.5 Å². The van der Waals surface area contributed by atoms with Crippen LogP contribution in [0.15, 0.2) is 24.3 Å². The molecular weight excluding hydrogens is 241 g/mol. The third-order valence-corrected chi connectivity index (χ3v) is 3.14. The van der Waals surface area contributed by atoms with Crippen LogP contribution in [0.2, 0.25) is 0 Å². The first-order valence-electron chi connectivity index (χ1n) is 5.65. The third-order valence-electron chi connectivity index (χ3n) is 2.95. The number of nitrogens with one attached hydrogen (secondary N) is 1. The van der Waals surface area contributed by atoms with Crippen LogP contribution < -0.4 is 5.32 Å². The topological polar surface area (TPSA) is 29.1 Å². The lowest BCUT2D eigenvalue weighted by Crippen LogP contribution is -2.45. The summed E-state index contributed by atoms with van der Waals surface area (Å²) in [5, 5.41) is 2.93. The second-order valence-electron chi connectivity index (χ2n) is 4.31. The number of carbonyl (C=O) groups excluding carboxylic acids is 1. The van der Waals surface area contributed by atoms with Crippen molar-refractivity contribution in [2.24, 2.45) is 0 Å². The minimum absolute atomic E-state index is 0.195. The van der Waals surface area contributed by atoms with Crippen LogP contribution in [0.3, 0.4) is 0 Å². The zero-order chi connectivity index (χ0) is 12.9. The fourth-order valence-corrected chi connectivity index (χ4v) is 1.90. The average molecular weight is 258 g/mol. The summed E-state index contributed by atoms with van der Waals surface area (Å²) in [7, 11) is 0. The largest absolute Gasteiger partial charge is 0.347 e. The Labute approximate surface area is 106 Å². The molecule has 0 aliphatic carbocycles. The molecule has 1 atom stereocenters. The van der Waals surface area contributed by atoms with Gasteiger partial charge in [-0.2, -0.15) is 0 Å². The van der Waals surface area contributed by atoms with Gasteiger partial charge in [0.15, 0.2) is 0 Å². The molecule has 1 unspecified atom stereocenters. The predicted molar refractivity (Wildman–Crippen MR) is 67.9 cm³/mol. The Balaban J connectivity index is 2.74. The second-order valence-corrected chi connectivity index (χ2v) is 4.69. The number of alkyl halides is 1. The number of hydrogen-bond acceptors (Lipinski definition) is 1. The maximum Gasteiger partial charge on any atom is 0.251 e. The van der Waals surface area contributed by atoms with E-state index < -0.39 is 0 Å². The number of halogens is 2. The van der Waals surface area contributed by atoms with Crippen molar-refractivity contribution in [3.05, 3.63) is 35.6 Å². The first-order valence-corrected chi connectivity index (χ1v) is 6.18. The molecule has 1 aromatic rings. The zero-order valence-electron chi connectivity index (χ0n) is 10.1. The van der Waals surface area contributed by atoms with Crippen LogP contribution in [0.4, 0.5) is 4.39 Å². The Morgan fingerprint density at radius 2 is 2.00 bits per heavy atom. The summed E-state index contributed by atoms with van der Waals surface area (Å²) >= 11 is 5.71. The van der Waals surface area contributed by atoms with Gasteiger partial charge in [-0.05, 0) is 44.0 Å². The van der Waals surface area contributed by atoms with Crippen molar-refractivity contribution < 1.29 is 9.18 Å². The van der Waals surface area contributed by atoms with Crippen molar-refractivity contribution in [2.75, 3.05) is 5.88 Å². The molecule has 1 aromatic carbocycles. The lowest BCUT2D eigenvalue weighted by atomic mass is 9.95. The zero-order valence-corrected chi connectivity index (χ0v) is 10.9. The molecule has 0 fully saturated rings. The first-order chi connectivity index (χ1) is 8.00. The summed E-state index contributed by atoms with van der Waals surface area (Å²) in [6, 6.07) is 5.50. The van der Waals surface area contributed by atoms with Crippen LogP contribution in [0, 0.1) is 5.82 Å². The summed E-state index contributed by atoms with van der Waals surface area (Å²) < 4.78 is 12.7. The summed E-state index contributed by atoms with van der Waals surface area (Å²) in [4.78, 5) is 11.9. The van der Waals surface area contributed by atoms with E-state index in [4.69, 9.17) is 11.6 Å². The van der Waals surface area contributed by atoms with Crippen LogP contribution in [0.1, 0.15) is 37.0 Å². The summed E-state index contributed by atoms with van der Waals surface area (Å²) in [6.07, 6.45) is 1.50. The molecule has 94 valence electrons. The average Bonchev–Trinajstić information content (AvgIpc) is 2.30. The quantitative estimate of drug-likeness (QED) is 0.806. The highest BCUT2D eigenvalue weighted by molar-refractivity contribution is 6.17. The Morgan fingerprint density at radius 3 is 2.47 bits per heavy atom. The van der Waals surface area contributed by atoms with Gasteiger partial charge in [0.1, 0.15) is 5.82 Å². The van der Waals surface area contributed by atoms with Crippen molar-refractivity contribution in [1.29, 1.82) is 0 Å². The Kier molecular flexibility index (Phi) is 4.94. The fourth-order valence-electron chi connectivity index (χ4n) is 1.48. The number of rotatable bonds is 5. The predicted octanol–water partition coefficient (Wildman–Crippen LogP) is 3.35. The highest BCUT2D eigenvalue weighted by Gasteiger charge is 2.23. The maximum atomic E-state index is 12.7. The van der Waals surface area contributed by atoms with E-state index in [-0.39, 0.29) is 17.3 Å². The minimum Gasteiger partial charge on any atom is -0.347 e. The van der Waals surface area contributed by atoms with Crippen molar-refractivity contribution in [3.8, 4) is 0 Å². The molecule has 1 amide bonds. The highest BCUT2D eigenvalue weighted by atomic mass is 35.5. The van der Waals surface area contributed by atoms with Crippen LogP contribution in [-0.2, 0) is 0 Å². The van der Waals surface area contributed by atoms with E-state index in [1.54, 1.807) is 0 Å². The van der Waals surface area contributed by atoms with Gasteiger partial charge in [-0.15, -0.1) is 11.6 Å². The normalized spacial score (nSPS) is 14.1. The van der Waals surface area contributed by atoms with Gasteiger partial charge in [-0.25, -0.2) is 4.39 Å². The summed E-state index contributed by atoms with van der Waals surface area (Å²) in [5.74, 6) is -0.0476. The summed E-state index contributed by atoms with van der Waals surface area (Å²) in [5.41, 5.74) is 0.147. The molecule has 0 radical (unpaired) electrons. The molecule has 0 bridgehead atoms. The Bertz CT molecular complexity index is 380. The van der Waals surface area contributed by atoms with Gasteiger partial charge >= 0.3 is 0 Å². The molecule has 0 aliphatic heterocycles. The number of hydrogen-bond donors (Lipinski definition) is 1. The van der Waals surface area contributed by atoms with Gasteiger partial charge in [0.05, 0.1) is 0 Å².